The average molecular weight is 367 g/mol. The lowest BCUT2D eigenvalue weighted by Crippen LogP contribution is -2.25. The second-order valence-electron chi connectivity index (χ2n) is 6.25. The van der Waals surface area contributed by atoms with E-state index >= 15 is 0 Å². The molecule has 0 saturated carbocycles. The fourth-order valence-electron chi connectivity index (χ4n) is 3.37. The van der Waals surface area contributed by atoms with Gasteiger partial charge >= 0.3 is 0 Å². The molecule has 1 aliphatic heterocycles. The van der Waals surface area contributed by atoms with E-state index in [9.17, 15) is 9.18 Å². The zero-order valence-electron chi connectivity index (χ0n) is 14.9. The number of aromatic nitrogens is 2. The summed E-state index contributed by atoms with van der Waals surface area (Å²) in [5.74, 6) is 1.05. The van der Waals surface area contributed by atoms with Crippen molar-refractivity contribution in [1.82, 2.24) is 9.55 Å². The van der Waals surface area contributed by atoms with E-state index in [0.29, 0.717) is 23.0 Å². The SMILES string of the molecule is COc1ccc([C@@H]2CC(=O)Nc3c2ncn3-c2cccc(F)c2)cc1OC. The van der Waals surface area contributed by atoms with Gasteiger partial charge in [-0.2, -0.15) is 0 Å². The van der Waals surface area contributed by atoms with Crippen LogP contribution in [0, 0.1) is 5.82 Å². The highest BCUT2D eigenvalue weighted by atomic mass is 19.1. The number of anilines is 1. The first-order valence-corrected chi connectivity index (χ1v) is 8.45. The molecule has 1 N–H and O–H groups in total. The number of methoxy groups -OCH3 is 2. The number of rotatable bonds is 4. The van der Waals surface area contributed by atoms with Crippen LogP contribution in [-0.2, 0) is 4.79 Å². The van der Waals surface area contributed by atoms with Crippen LogP contribution in [0.15, 0.2) is 48.8 Å². The van der Waals surface area contributed by atoms with Gasteiger partial charge in [-0.3, -0.25) is 9.36 Å². The minimum atomic E-state index is -0.353. The molecule has 0 bridgehead atoms. The molecule has 2 aromatic carbocycles. The fourth-order valence-corrected chi connectivity index (χ4v) is 3.37. The second-order valence-corrected chi connectivity index (χ2v) is 6.25. The van der Waals surface area contributed by atoms with Crippen molar-refractivity contribution in [3.05, 3.63) is 65.9 Å². The predicted molar refractivity (Wildman–Crippen MR) is 98.2 cm³/mol. The predicted octanol–water partition coefficient (Wildman–Crippen LogP) is 3.50. The Morgan fingerprint density at radius 3 is 2.70 bits per heavy atom. The Balaban J connectivity index is 1.80. The van der Waals surface area contributed by atoms with E-state index in [1.165, 1.54) is 12.1 Å². The van der Waals surface area contributed by atoms with Crippen molar-refractivity contribution in [2.24, 2.45) is 0 Å². The monoisotopic (exact) mass is 367 g/mol. The first kappa shape index (κ1) is 17.1. The van der Waals surface area contributed by atoms with Gasteiger partial charge in [0.2, 0.25) is 5.91 Å². The average Bonchev–Trinajstić information content (AvgIpc) is 3.10. The van der Waals surface area contributed by atoms with Crippen molar-refractivity contribution in [2.45, 2.75) is 12.3 Å². The van der Waals surface area contributed by atoms with Gasteiger partial charge in [-0.25, -0.2) is 9.37 Å². The van der Waals surface area contributed by atoms with Gasteiger partial charge in [-0.15, -0.1) is 0 Å². The highest BCUT2D eigenvalue weighted by molar-refractivity contribution is 5.94. The summed E-state index contributed by atoms with van der Waals surface area (Å²) < 4.78 is 26.0. The molecule has 138 valence electrons. The number of ether oxygens (including phenoxy) is 2. The highest BCUT2D eigenvalue weighted by Crippen LogP contribution is 2.40. The Hall–Kier alpha value is -3.35. The summed E-state index contributed by atoms with van der Waals surface area (Å²) >= 11 is 0. The molecular weight excluding hydrogens is 349 g/mol. The molecule has 6 nitrogen and oxygen atoms in total. The number of carbonyl (C=O) groups is 1. The van der Waals surface area contributed by atoms with E-state index in [2.05, 4.69) is 10.3 Å². The van der Waals surface area contributed by atoms with Crippen molar-refractivity contribution in [2.75, 3.05) is 19.5 Å². The minimum Gasteiger partial charge on any atom is -0.493 e. The number of halogens is 1. The molecule has 0 unspecified atom stereocenters. The van der Waals surface area contributed by atoms with Gasteiger partial charge in [0.15, 0.2) is 11.5 Å². The molecule has 0 spiro atoms. The number of hydrogen-bond donors (Lipinski definition) is 1. The van der Waals surface area contributed by atoms with Crippen molar-refractivity contribution in [3.63, 3.8) is 0 Å². The molecular formula is C20H18FN3O3. The molecule has 1 atom stereocenters. The topological polar surface area (TPSA) is 65.4 Å². The summed E-state index contributed by atoms with van der Waals surface area (Å²) in [6.45, 7) is 0. The molecule has 0 radical (unpaired) electrons. The summed E-state index contributed by atoms with van der Waals surface area (Å²) in [5.41, 5.74) is 2.22. The highest BCUT2D eigenvalue weighted by Gasteiger charge is 2.31. The van der Waals surface area contributed by atoms with Gasteiger partial charge in [-0.1, -0.05) is 12.1 Å². The third-order valence-corrected chi connectivity index (χ3v) is 4.67. The van der Waals surface area contributed by atoms with E-state index in [0.717, 1.165) is 11.3 Å². The van der Waals surface area contributed by atoms with Crippen molar-refractivity contribution < 1.29 is 18.7 Å². The Morgan fingerprint density at radius 2 is 1.96 bits per heavy atom. The lowest BCUT2D eigenvalue weighted by molar-refractivity contribution is -0.116. The quantitative estimate of drug-likeness (QED) is 0.766. The van der Waals surface area contributed by atoms with Crippen molar-refractivity contribution in [1.29, 1.82) is 0 Å². The van der Waals surface area contributed by atoms with E-state index < -0.39 is 0 Å². The molecule has 0 aliphatic carbocycles. The number of benzene rings is 2. The molecule has 27 heavy (non-hydrogen) atoms. The lowest BCUT2D eigenvalue weighted by atomic mass is 9.89. The number of imidazole rings is 1. The summed E-state index contributed by atoms with van der Waals surface area (Å²) in [4.78, 5) is 16.9. The molecule has 0 saturated heterocycles. The summed E-state index contributed by atoms with van der Waals surface area (Å²) in [6, 6.07) is 11.7. The second kappa shape index (κ2) is 6.75. The molecule has 1 aromatic heterocycles. The number of nitrogens with one attached hydrogen (secondary N) is 1. The number of hydrogen-bond acceptors (Lipinski definition) is 4. The first-order chi connectivity index (χ1) is 13.1. The van der Waals surface area contributed by atoms with Crippen molar-refractivity contribution in [3.8, 4) is 17.2 Å². The zero-order chi connectivity index (χ0) is 19.0. The lowest BCUT2D eigenvalue weighted by Gasteiger charge is -2.24. The number of amides is 1. The summed E-state index contributed by atoms with van der Waals surface area (Å²) in [7, 11) is 3.14. The number of fused-ring (bicyclic) bond motifs is 1. The summed E-state index contributed by atoms with van der Waals surface area (Å²) in [6.07, 6.45) is 1.86. The van der Waals surface area contributed by atoms with Gasteiger partial charge in [-0.05, 0) is 35.9 Å². The van der Waals surface area contributed by atoms with Crippen LogP contribution in [-0.4, -0.2) is 29.7 Å². The smallest absolute Gasteiger partial charge is 0.226 e. The van der Waals surface area contributed by atoms with E-state index in [1.54, 1.807) is 37.2 Å². The molecule has 1 amide bonds. The maximum atomic E-state index is 13.6. The Bertz CT molecular complexity index is 1020. The minimum absolute atomic E-state index is 0.125. The van der Waals surface area contributed by atoms with Crippen molar-refractivity contribution >= 4 is 11.7 Å². The van der Waals surface area contributed by atoms with Crippen LogP contribution in [0.3, 0.4) is 0 Å². The standard InChI is InChI=1S/C20H18FN3O3/c1-26-16-7-6-12(8-17(16)27-2)15-10-18(25)23-20-19(15)22-11-24(20)14-5-3-4-13(21)9-14/h3-9,11,15H,10H2,1-2H3,(H,23,25)/t15-/m0/s1. The van der Waals surface area contributed by atoms with E-state index in [-0.39, 0.29) is 24.1 Å². The van der Waals surface area contributed by atoms with Gasteiger partial charge in [0.25, 0.3) is 0 Å². The Labute approximate surface area is 155 Å². The van der Waals surface area contributed by atoms with Crippen LogP contribution in [0.2, 0.25) is 0 Å². The van der Waals surface area contributed by atoms with E-state index in [4.69, 9.17) is 9.47 Å². The molecule has 1 aliphatic rings. The summed E-state index contributed by atoms with van der Waals surface area (Å²) in [5, 5.41) is 2.86. The van der Waals surface area contributed by atoms with E-state index in [1.807, 2.05) is 18.2 Å². The van der Waals surface area contributed by atoms with Gasteiger partial charge < -0.3 is 14.8 Å². The molecule has 2 heterocycles. The largest absolute Gasteiger partial charge is 0.493 e. The van der Waals surface area contributed by atoms with Crippen LogP contribution in [0.4, 0.5) is 10.2 Å². The Kier molecular flexibility index (Phi) is 4.27. The van der Waals surface area contributed by atoms with Crippen LogP contribution < -0.4 is 14.8 Å². The Morgan fingerprint density at radius 1 is 1.15 bits per heavy atom. The van der Waals surface area contributed by atoms with Gasteiger partial charge in [0.05, 0.1) is 25.6 Å². The van der Waals surface area contributed by atoms with Crippen LogP contribution in [0.25, 0.3) is 5.69 Å². The maximum Gasteiger partial charge on any atom is 0.226 e. The third-order valence-electron chi connectivity index (χ3n) is 4.67. The molecule has 7 heteroatoms. The van der Waals surface area contributed by atoms with Crippen LogP contribution in [0.1, 0.15) is 23.6 Å². The fraction of sp³-hybridized carbons (Fsp3) is 0.200. The third kappa shape index (κ3) is 3.01. The van der Waals surface area contributed by atoms with Crippen LogP contribution >= 0.6 is 0 Å². The van der Waals surface area contributed by atoms with Crippen LogP contribution in [0.5, 0.6) is 11.5 Å². The zero-order valence-corrected chi connectivity index (χ0v) is 14.9. The maximum absolute atomic E-state index is 13.6. The molecule has 3 aromatic rings. The normalized spacial score (nSPS) is 15.8. The molecule has 0 fully saturated rings. The number of carbonyl (C=O) groups excluding carboxylic acids is 1. The molecule has 4 rings (SSSR count). The van der Waals surface area contributed by atoms with Gasteiger partial charge in [0, 0.05) is 12.3 Å². The first-order valence-electron chi connectivity index (χ1n) is 8.45. The van der Waals surface area contributed by atoms with Gasteiger partial charge in [0.1, 0.15) is 18.0 Å². The number of nitrogens with zero attached hydrogens (tertiary/aromatic N) is 2.